The summed E-state index contributed by atoms with van der Waals surface area (Å²) < 4.78 is 5.36. The van der Waals surface area contributed by atoms with Gasteiger partial charge in [0.15, 0.2) is 6.61 Å². The van der Waals surface area contributed by atoms with Crippen LogP contribution in [0.4, 0.5) is 5.69 Å². The molecule has 5 nitrogen and oxygen atoms in total. The molecule has 0 bridgehead atoms. The Kier molecular flexibility index (Phi) is 6.06. The molecule has 0 radical (unpaired) electrons. The molecule has 0 fully saturated rings. The van der Waals surface area contributed by atoms with E-state index >= 15 is 0 Å². The summed E-state index contributed by atoms with van der Waals surface area (Å²) in [5.74, 6) is -0.115. The van der Waals surface area contributed by atoms with Crippen molar-refractivity contribution in [2.75, 3.05) is 26.0 Å². The predicted octanol–water partition coefficient (Wildman–Crippen LogP) is 3.71. The van der Waals surface area contributed by atoms with Crippen LogP contribution in [0.5, 0.6) is 5.75 Å². The van der Waals surface area contributed by atoms with E-state index in [2.05, 4.69) is 5.32 Å². The largest absolute Gasteiger partial charge is 0.482 e. The Hall–Kier alpha value is -2.24. The number of amides is 2. The van der Waals surface area contributed by atoms with E-state index in [0.29, 0.717) is 27.0 Å². The average molecular weight is 367 g/mol. The highest BCUT2D eigenvalue weighted by Crippen LogP contribution is 2.27. The Morgan fingerprint density at radius 2 is 1.75 bits per heavy atom. The van der Waals surface area contributed by atoms with Gasteiger partial charge in [-0.15, -0.1) is 0 Å². The monoisotopic (exact) mass is 366 g/mol. The molecule has 0 saturated carbocycles. The third-order valence-corrected chi connectivity index (χ3v) is 3.62. The molecule has 0 spiro atoms. The maximum atomic E-state index is 11.9. The zero-order valence-corrected chi connectivity index (χ0v) is 14.7. The lowest BCUT2D eigenvalue weighted by molar-refractivity contribution is -0.118. The first-order valence-electron chi connectivity index (χ1n) is 7.06. The van der Waals surface area contributed by atoms with Crippen LogP contribution < -0.4 is 10.1 Å². The topological polar surface area (TPSA) is 58.6 Å². The number of benzene rings is 2. The van der Waals surface area contributed by atoms with Crippen molar-refractivity contribution in [1.82, 2.24) is 4.90 Å². The summed E-state index contributed by atoms with van der Waals surface area (Å²) in [7, 11) is 3.35. The van der Waals surface area contributed by atoms with Crippen LogP contribution in [0.3, 0.4) is 0 Å². The van der Waals surface area contributed by atoms with Crippen molar-refractivity contribution < 1.29 is 14.3 Å². The van der Waals surface area contributed by atoms with E-state index in [1.807, 2.05) is 0 Å². The Labute approximate surface area is 150 Å². The lowest BCUT2D eigenvalue weighted by Gasteiger charge is -2.11. The van der Waals surface area contributed by atoms with Gasteiger partial charge in [0.05, 0.1) is 5.02 Å². The van der Waals surface area contributed by atoms with E-state index < -0.39 is 0 Å². The minimum atomic E-state index is -0.349. The Balaban J connectivity index is 1.92. The molecule has 7 heteroatoms. The molecule has 0 unspecified atom stereocenters. The Morgan fingerprint density at radius 1 is 1.08 bits per heavy atom. The number of halogens is 2. The number of nitrogens with zero attached hydrogens (tertiary/aromatic N) is 1. The van der Waals surface area contributed by atoms with Crippen LogP contribution in [0.25, 0.3) is 0 Å². The second-order valence-corrected chi connectivity index (χ2v) is 6.03. The molecule has 0 aromatic heterocycles. The fraction of sp³-hybridized carbons (Fsp3) is 0.176. The SMILES string of the molecule is CN(C)C(=O)c1ccc(NC(=O)COc2cc(Cl)ccc2Cl)cc1. The highest BCUT2D eigenvalue weighted by molar-refractivity contribution is 6.34. The van der Waals surface area contributed by atoms with Gasteiger partial charge in [-0.05, 0) is 36.4 Å². The van der Waals surface area contributed by atoms with Gasteiger partial charge in [0.1, 0.15) is 5.75 Å². The molecule has 2 rings (SSSR count). The zero-order valence-electron chi connectivity index (χ0n) is 13.2. The number of nitrogens with one attached hydrogen (secondary N) is 1. The van der Waals surface area contributed by atoms with Gasteiger partial charge in [-0.2, -0.15) is 0 Å². The van der Waals surface area contributed by atoms with Gasteiger partial charge in [0.2, 0.25) is 0 Å². The van der Waals surface area contributed by atoms with Crippen LogP contribution in [0.1, 0.15) is 10.4 Å². The van der Waals surface area contributed by atoms with Crippen molar-refractivity contribution in [3.8, 4) is 5.75 Å². The van der Waals surface area contributed by atoms with Crippen LogP contribution in [0.15, 0.2) is 42.5 Å². The minimum absolute atomic E-state index is 0.105. The molecule has 0 atom stereocenters. The highest BCUT2D eigenvalue weighted by Gasteiger charge is 2.09. The van der Waals surface area contributed by atoms with Crippen LogP contribution in [0, 0.1) is 0 Å². The summed E-state index contributed by atoms with van der Waals surface area (Å²) in [5, 5.41) is 3.52. The highest BCUT2D eigenvalue weighted by atomic mass is 35.5. The van der Waals surface area contributed by atoms with Gasteiger partial charge in [-0.1, -0.05) is 23.2 Å². The molecule has 24 heavy (non-hydrogen) atoms. The van der Waals surface area contributed by atoms with Crippen molar-refractivity contribution in [1.29, 1.82) is 0 Å². The van der Waals surface area contributed by atoms with Gasteiger partial charge >= 0.3 is 0 Å². The minimum Gasteiger partial charge on any atom is -0.482 e. The van der Waals surface area contributed by atoms with Crippen LogP contribution in [-0.2, 0) is 4.79 Å². The molecule has 2 aromatic carbocycles. The van der Waals surface area contributed by atoms with Crippen molar-refractivity contribution in [2.45, 2.75) is 0 Å². The van der Waals surface area contributed by atoms with E-state index in [0.717, 1.165) is 0 Å². The van der Waals surface area contributed by atoms with Crippen LogP contribution in [0.2, 0.25) is 10.0 Å². The molecule has 0 aliphatic carbocycles. The first-order valence-corrected chi connectivity index (χ1v) is 7.82. The molecule has 0 aliphatic rings. The number of hydrogen-bond acceptors (Lipinski definition) is 3. The fourth-order valence-electron chi connectivity index (χ4n) is 1.88. The third-order valence-electron chi connectivity index (χ3n) is 3.07. The molecule has 0 saturated heterocycles. The number of carbonyl (C=O) groups excluding carboxylic acids is 2. The Bertz CT molecular complexity index is 746. The smallest absolute Gasteiger partial charge is 0.262 e. The second kappa shape index (κ2) is 8.04. The maximum absolute atomic E-state index is 11.9. The first-order chi connectivity index (χ1) is 11.4. The molecule has 1 N–H and O–H groups in total. The summed E-state index contributed by atoms with van der Waals surface area (Å²) in [6, 6.07) is 11.4. The number of anilines is 1. The summed E-state index contributed by atoms with van der Waals surface area (Å²) in [5.41, 5.74) is 1.11. The van der Waals surface area contributed by atoms with Gasteiger partial charge < -0.3 is 15.0 Å². The lowest BCUT2D eigenvalue weighted by Crippen LogP contribution is -2.22. The molecule has 0 heterocycles. The summed E-state index contributed by atoms with van der Waals surface area (Å²) in [6.07, 6.45) is 0. The maximum Gasteiger partial charge on any atom is 0.262 e. The molecular formula is C17H16Cl2N2O3. The lowest BCUT2D eigenvalue weighted by atomic mass is 10.2. The first kappa shape index (κ1) is 18.1. The van der Waals surface area contributed by atoms with Crippen molar-refractivity contribution >= 4 is 40.7 Å². The van der Waals surface area contributed by atoms with Gasteiger partial charge in [0, 0.05) is 36.4 Å². The molecule has 2 amide bonds. The van der Waals surface area contributed by atoms with Crippen LogP contribution >= 0.6 is 23.2 Å². The molecule has 126 valence electrons. The third kappa shape index (κ3) is 4.88. The fourth-order valence-corrected chi connectivity index (χ4v) is 2.22. The quantitative estimate of drug-likeness (QED) is 0.877. The normalized spacial score (nSPS) is 10.2. The molecule has 2 aromatic rings. The van der Waals surface area contributed by atoms with Gasteiger partial charge in [-0.25, -0.2) is 0 Å². The van der Waals surface area contributed by atoms with E-state index in [1.165, 1.54) is 4.90 Å². The van der Waals surface area contributed by atoms with Crippen LogP contribution in [-0.4, -0.2) is 37.4 Å². The number of carbonyl (C=O) groups is 2. The van der Waals surface area contributed by atoms with Gasteiger partial charge in [-0.3, -0.25) is 9.59 Å². The standard InChI is InChI=1S/C17H16Cl2N2O3/c1-21(2)17(23)11-3-6-13(7-4-11)20-16(22)10-24-15-9-12(18)5-8-14(15)19/h3-9H,10H2,1-2H3,(H,20,22). The van der Waals surface area contributed by atoms with Crippen molar-refractivity contribution in [2.24, 2.45) is 0 Å². The van der Waals surface area contributed by atoms with E-state index in [4.69, 9.17) is 27.9 Å². The molecular weight excluding hydrogens is 351 g/mol. The summed E-state index contributed by atoms with van der Waals surface area (Å²) in [4.78, 5) is 25.2. The summed E-state index contributed by atoms with van der Waals surface area (Å²) >= 11 is 11.8. The van der Waals surface area contributed by atoms with E-state index in [1.54, 1.807) is 56.6 Å². The average Bonchev–Trinajstić information content (AvgIpc) is 2.55. The summed E-state index contributed by atoms with van der Waals surface area (Å²) in [6.45, 7) is -0.210. The predicted molar refractivity (Wildman–Crippen MR) is 95.0 cm³/mol. The Morgan fingerprint density at radius 3 is 2.38 bits per heavy atom. The van der Waals surface area contributed by atoms with E-state index in [-0.39, 0.29) is 18.4 Å². The van der Waals surface area contributed by atoms with Crippen molar-refractivity contribution in [3.05, 3.63) is 58.1 Å². The zero-order chi connectivity index (χ0) is 17.7. The molecule has 0 aliphatic heterocycles. The number of rotatable bonds is 5. The van der Waals surface area contributed by atoms with E-state index in [9.17, 15) is 9.59 Å². The number of ether oxygens (including phenoxy) is 1. The van der Waals surface area contributed by atoms with Gasteiger partial charge in [0.25, 0.3) is 11.8 Å². The second-order valence-electron chi connectivity index (χ2n) is 5.19. The number of hydrogen-bond donors (Lipinski definition) is 1. The van der Waals surface area contributed by atoms with Crippen molar-refractivity contribution in [3.63, 3.8) is 0 Å².